The number of para-hydroxylation sites is 1. The number of rotatable bonds is 4. The van der Waals surface area contributed by atoms with Crippen molar-refractivity contribution < 1.29 is 9.18 Å². The molecule has 3 aromatic heterocycles. The summed E-state index contributed by atoms with van der Waals surface area (Å²) in [6.07, 6.45) is 6.00. The van der Waals surface area contributed by atoms with Gasteiger partial charge in [0.05, 0.1) is 12.2 Å². The maximum Gasteiger partial charge on any atom is 0.270 e. The summed E-state index contributed by atoms with van der Waals surface area (Å²) in [5.74, 6) is -0.939. The van der Waals surface area contributed by atoms with Crippen LogP contribution in [0.2, 0.25) is 0 Å². The number of halogens is 1. The van der Waals surface area contributed by atoms with Crippen molar-refractivity contribution in [2.45, 2.75) is 13.0 Å². The van der Waals surface area contributed by atoms with E-state index >= 15 is 0 Å². The number of carbonyl (C=O) groups is 1. The number of aromatic nitrogens is 4. The largest absolute Gasteiger partial charge is 0.345 e. The van der Waals surface area contributed by atoms with E-state index < -0.39 is 23.3 Å². The van der Waals surface area contributed by atoms with E-state index in [4.69, 9.17) is 0 Å². The number of pyridine rings is 1. The minimum absolute atomic E-state index is 0.0583. The van der Waals surface area contributed by atoms with Gasteiger partial charge in [0.2, 0.25) is 0 Å². The van der Waals surface area contributed by atoms with Crippen molar-refractivity contribution in [3.8, 4) is 5.69 Å². The van der Waals surface area contributed by atoms with Crippen LogP contribution >= 0.6 is 0 Å². The summed E-state index contributed by atoms with van der Waals surface area (Å²) in [5.41, 5.74) is 0.937. The molecule has 7 nitrogen and oxygen atoms in total. The van der Waals surface area contributed by atoms with E-state index in [9.17, 15) is 14.0 Å². The van der Waals surface area contributed by atoms with E-state index in [2.05, 4.69) is 15.4 Å². The van der Waals surface area contributed by atoms with Gasteiger partial charge in [-0.15, -0.1) is 0 Å². The van der Waals surface area contributed by atoms with Crippen molar-refractivity contribution in [1.82, 2.24) is 24.5 Å². The molecule has 0 aliphatic heterocycles. The fourth-order valence-electron chi connectivity index (χ4n) is 2.87. The Bertz CT molecular complexity index is 1230. The summed E-state index contributed by atoms with van der Waals surface area (Å²) in [6, 6.07) is 11.0. The number of carbonyl (C=O) groups excluding carboxylic acids is 1. The van der Waals surface area contributed by atoms with Crippen molar-refractivity contribution >= 4 is 11.6 Å². The fraction of sp³-hybridized carbons (Fsp3) is 0.100. The molecule has 1 aromatic carbocycles. The van der Waals surface area contributed by atoms with Crippen molar-refractivity contribution in [3.05, 3.63) is 94.5 Å². The normalized spacial score (nSPS) is 12.1. The van der Waals surface area contributed by atoms with Gasteiger partial charge in [-0.25, -0.2) is 14.1 Å². The molecule has 8 heteroatoms. The van der Waals surface area contributed by atoms with Gasteiger partial charge < -0.3 is 5.32 Å². The summed E-state index contributed by atoms with van der Waals surface area (Å²) in [5, 5.41) is 6.91. The zero-order valence-corrected chi connectivity index (χ0v) is 14.9. The smallest absolute Gasteiger partial charge is 0.270 e. The molecule has 0 spiro atoms. The molecule has 0 bridgehead atoms. The third kappa shape index (κ3) is 3.16. The maximum atomic E-state index is 13.9. The summed E-state index contributed by atoms with van der Waals surface area (Å²) in [4.78, 5) is 29.2. The van der Waals surface area contributed by atoms with Gasteiger partial charge in [0.15, 0.2) is 0 Å². The number of amides is 1. The lowest BCUT2D eigenvalue weighted by Gasteiger charge is -2.12. The van der Waals surface area contributed by atoms with Crippen LogP contribution in [0, 0.1) is 5.82 Å². The van der Waals surface area contributed by atoms with Crippen LogP contribution in [0.25, 0.3) is 11.3 Å². The molecule has 4 rings (SSSR count). The highest BCUT2D eigenvalue weighted by Crippen LogP contribution is 2.17. The highest BCUT2D eigenvalue weighted by atomic mass is 19.1. The van der Waals surface area contributed by atoms with Crippen LogP contribution in [0.15, 0.2) is 72.0 Å². The molecule has 3 heterocycles. The van der Waals surface area contributed by atoms with E-state index in [1.165, 1.54) is 21.3 Å². The van der Waals surface area contributed by atoms with Crippen molar-refractivity contribution in [1.29, 1.82) is 0 Å². The summed E-state index contributed by atoms with van der Waals surface area (Å²) in [7, 11) is 0. The van der Waals surface area contributed by atoms with Gasteiger partial charge in [-0.2, -0.15) is 5.10 Å². The first-order chi connectivity index (χ1) is 13.5. The van der Waals surface area contributed by atoms with E-state index in [0.717, 1.165) is 0 Å². The molecule has 1 N–H and O–H groups in total. The van der Waals surface area contributed by atoms with E-state index in [0.29, 0.717) is 16.9 Å². The summed E-state index contributed by atoms with van der Waals surface area (Å²) in [6.45, 7) is 1.76. The second kappa shape index (κ2) is 7.07. The molecule has 0 aliphatic rings. The summed E-state index contributed by atoms with van der Waals surface area (Å²) >= 11 is 0. The van der Waals surface area contributed by atoms with Crippen LogP contribution < -0.4 is 10.9 Å². The Hall–Kier alpha value is -3.81. The van der Waals surface area contributed by atoms with Gasteiger partial charge in [-0.05, 0) is 31.2 Å². The molecule has 28 heavy (non-hydrogen) atoms. The van der Waals surface area contributed by atoms with Crippen LogP contribution in [-0.2, 0) is 0 Å². The van der Waals surface area contributed by atoms with Crippen LogP contribution in [0.4, 0.5) is 4.39 Å². The van der Waals surface area contributed by atoms with Gasteiger partial charge in [0, 0.05) is 24.2 Å². The fourth-order valence-corrected chi connectivity index (χ4v) is 2.87. The first-order valence-corrected chi connectivity index (χ1v) is 8.61. The molecule has 140 valence electrons. The molecule has 0 saturated heterocycles. The van der Waals surface area contributed by atoms with Crippen LogP contribution in [0.5, 0.6) is 0 Å². The monoisotopic (exact) mass is 377 g/mol. The molecule has 1 amide bonds. The quantitative estimate of drug-likeness (QED) is 0.593. The van der Waals surface area contributed by atoms with E-state index in [1.54, 1.807) is 61.9 Å². The van der Waals surface area contributed by atoms with Crippen LogP contribution in [0.3, 0.4) is 0 Å². The number of benzene rings is 1. The highest BCUT2D eigenvalue weighted by Gasteiger charge is 2.18. The number of hydrogen-bond acceptors (Lipinski definition) is 4. The third-order valence-electron chi connectivity index (χ3n) is 4.41. The van der Waals surface area contributed by atoms with Gasteiger partial charge in [-0.1, -0.05) is 18.2 Å². The lowest BCUT2D eigenvalue weighted by Crippen LogP contribution is -2.33. The number of nitrogens with one attached hydrogen (secondary N) is 1. The predicted molar refractivity (Wildman–Crippen MR) is 101 cm³/mol. The Kier molecular flexibility index (Phi) is 4.44. The number of fused-ring (bicyclic) bond motifs is 1. The van der Waals surface area contributed by atoms with Crippen molar-refractivity contribution in [2.24, 2.45) is 0 Å². The molecule has 1 atom stereocenters. The second-order valence-corrected chi connectivity index (χ2v) is 6.27. The Morgan fingerprint density at radius 2 is 1.93 bits per heavy atom. The van der Waals surface area contributed by atoms with Gasteiger partial charge >= 0.3 is 0 Å². The molecule has 0 aliphatic carbocycles. The molecular weight excluding hydrogens is 361 g/mol. The molecule has 0 radical (unpaired) electrons. The van der Waals surface area contributed by atoms with Gasteiger partial charge in [0.1, 0.15) is 22.7 Å². The minimum atomic E-state index is -0.540. The standard InChI is InChI=1S/C20H16FN5O2/c1-13(14-10-23-26(12-14)17-7-3-2-6-16(17)21)24-19(27)15-11-22-18-8-4-5-9-25(18)20(15)28/h2-13H,1H3,(H,24,27). The maximum absolute atomic E-state index is 13.9. The van der Waals surface area contributed by atoms with Crippen molar-refractivity contribution in [3.63, 3.8) is 0 Å². The molecule has 0 saturated carbocycles. The van der Waals surface area contributed by atoms with Gasteiger partial charge in [-0.3, -0.25) is 14.0 Å². The summed E-state index contributed by atoms with van der Waals surface area (Å²) < 4.78 is 16.6. The van der Waals surface area contributed by atoms with Crippen LogP contribution in [-0.4, -0.2) is 25.1 Å². The zero-order valence-electron chi connectivity index (χ0n) is 14.9. The minimum Gasteiger partial charge on any atom is -0.345 e. The number of nitrogens with zero attached hydrogens (tertiary/aromatic N) is 4. The average Bonchev–Trinajstić information content (AvgIpc) is 3.19. The Balaban J connectivity index is 1.57. The Morgan fingerprint density at radius 3 is 2.75 bits per heavy atom. The first-order valence-electron chi connectivity index (χ1n) is 8.61. The SMILES string of the molecule is CC(NC(=O)c1cnc2ccccn2c1=O)c1cnn(-c2ccccc2F)c1. The first kappa shape index (κ1) is 17.6. The topological polar surface area (TPSA) is 81.3 Å². The number of hydrogen-bond donors (Lipinski definition) is 1. The Morgan fingerprint density at radius 1 is 1.14 bits per heavy atom. The second-order valence-electron chi connectivity index (χ2n) is 6.27. The van der Waals surface area contributed by atoms with Crippen LogP contribution in [0.1, 0.15) is 28.9 Å². The Labute approximate surface area is 159 Å². The van der Waals surface area contributed by atoms with E-state index in [1.807, 2.05) is 0 Å². The molecule has 1 unspecified atom stereocenters. The third-order valence-corrected chi connectivity index (χ3v) is 4.41. The molecule has 4 aromatic rings. The van der Waals surface area contributed by atoms with Crippen molar-refractivity contribution in [2.75, 3.05) is 0 Å². The zero-order chi connectivity index (χ0) is 19.7. The predicted octanol–water partition coefficient (Wildman–Crippen LogP) is 2.51. The lowest BCUT2D eigenvalue weighted by molar-refractivity contribution is 0.0938. The highest BCUT2D eigenvalue weighted by molar-refractivity contribution is 5.94. The average molecular weight is 377 g/mol. The molecular formula is C20H16FN5O2. The van der Waals surface area contributed by atoms with E-state index in [-0.39, 0.29) is 5.56 Å². The molecule has 0 fully saturated rings. The van der Waals surface area contributed by atoms with Gasteiger partial charge in [0.25, 0.3) is 11.5 Å². The lowest BCUT2D eigenvalue weighted by atomic mass is 10.2.